The third kappa shape index (κ3) is 4.64. The first-order chi connectivity index (χ1) is 13.5. The molecule has 0 spiro atoms. The van der Waals surface area contributed by atoms with Crippen molar-refractivity contribution < 1.29 is 14.0 Å². The number of anilines is 1. The van der Waals surface area contributed by atoms with Crippen molar-refractivity contribution in [2.75, 3.05) is 11.9 Å². The van der Waals surface area contributed by atoms with Gasteiger partial charge in [0.25, 0.3) is 5.91 Å². The number of fused-ring (bicyclic) bond motifs is 1. The molecule has 1 heterocycles. The highest BCUT2D eigenvalue weighted by Crippen LogP contribution is 2.19. The van der Waals surface area contributed by atoms with Crippen molar-refractivity contribution in [1.29, 1.82) is 0 Å². The lowest BCUT2D eigenvalue weighted by Gasteiger charge is -2.07. The molecule has 146 valence electrons. The molecule has 9 heteroatoms. The summed E-state index contributed by atoms with van der Waals surface area (Å²) in [7, 11) is 0. The molecule has 2 amide bonds. The van der Waals surface area contributed by atoms with E-state index in [1.807, 2.05) is 6.07 Å². The van der Waals surface area contributed by atoms with Crippen molar-refractivity contribution in [3.8, 4) is 0 Å². The second-order valence-corrected chi connectivity index (χ2v) is 6.61. The molecule has 0 aliphatic heterocycles. The van der Waals surface area contributed by atoms with Gasteiger partial charge >= 0.3 is 0 Å². The van der Waals surface area contributed by atoms with Crippen molar-refractivity contribution >= 4 is 40.1 Å². The van der Waals surface area contributed by atoms with Crippen LogP contribution in [0.25, 0.3) is 11.0 Å². The Bertz CT molecular complexity index is 1020. The van der Waals surface area contributed by atoms with Gasteiger partial charge in [0.1, 0.15) is 11.3 Å². The molecule has 0 fully saturated rings. The first-order valence-electron chi connectivity index (χ1n) is 8.84. The Kier molecular flexibility index (Phi) is 6.20. The summed E-state index contributed by atoms with van der Waals surface area (Å²) in [6.45, 7) is 2.97. The summed E-state index contributed by atoms with van der Waals surface area (Å²) in [6.07, 6.45) is 1.00. The number of hydrogen-bond acceptors (Lipinski definition) is 4. The van der Waals surface area contributed by atoms with Crippen LogP contribution in [0.2, 0.25) is 5.02 Å². The normalized spacial score (nSPS) is 10.8. The van der Waals surface area contributed by atoms with Gasteiger partial charge in [-0.3, -0.25) is 9.59 Å². The van der Waals surface area contributed by atoms with Crippen molar-refractivity contribution in [2.24, 2.45) is 0 Å². The number of carbonyl (C=O) groups excluding carboxylic acids is 2. The van der Waals surface area contributed by atoms with E-state index in [1.54, 1.807) is 16.8 Å². The van der Waals surface area contributed by atoms with E-state index in [2.05, 4.69) is 27.9 Å². The number of halogens is 2. The molecule has 2 aromatic carbocycles. The van der Waals surface area contributed by atoms with E-state index in [4.69, 9.17) is 11.6 Å². The van der Waals surface area contributed by atoms with Crippen LogP contribution in [0.15, 0.2) is 36.4 Å². The van der Waals surface area contributed by atoms with Crippen LogP contribution in [0.5, 0.6) is 0 Å². The summed E-state index contributed by atoms with van der Waals surface area (Å²) >= 11 is 5.68. The molecule has 0 saturated carbocycles. The monoisotopic (exact) mass is 403 g/mol. The van der Waals surface area contributed by atoms with Crippen LogP contribution in [0.1, 0.15) is 30.1 Å². The molecule has 2 N–H and O–H groups in total. The average Bonchev–Trinajstić information content (AvgIpc) is 3.07. The van der Waals surface area contributed by atoms with Crippen LogP contribution in [-0.4, -0.2) is 33.4 Å². The zero-order chi connectivity index (χ0) is 20.1. The third-order valence-electron chi connectivity index (χ3n) is 4.05. The molecule has 3 rings (SSSR count). The Balaban J connectivity index is 1.53. The quantitative estimate of drug-likeness (QED) is 0.632. The largest absolute Gasteiger partial charge is 0.352 e. The Morgan fingerprint density at radius 1 is 1.21 bits per heavy atom. The number of nitrogens with zero attached hydrogens (tertiary/aromatic N) is 3. The van der Waals surface area contributed by atoms with Gasteiger partial charge in [0.15, 0.2) is 0 Å². The van der Waals surface area contributed by atoms with E-state index in [0.717, 1.165) is 18.5 Å². The van der Waals surface area contributed by atoms with Crippen molar-refractivity contribution in [2.45, 2.75) is 26.3 Å². The molecule has 3 aromatic rings. The number of aryl methyl sites for hydroxylation is 1. The van der Waals surface area contributed by atoms with Gasteiger partial charge in [-0.15, -0.1) is 5.10 Å². The predicted octanol–water partition coefficient (Wildman–Crippen LogP) is 3.39. The van der Waals surface area contributed by atoms with E-state index in [-0.39, 0.29) is 29.8 Å². The number of nitrogens with one attached hydrogen (secondary N) is 2. The molecular weight excluding hydrogens is 385 g/mol. The van der Waals surface area contributed by atoms with Gasteiger partial charge < -0.3 is 10.6 Å². The number of hydrogen-bond donors (Lipinski definition) is 2. The first-order valence-corrected chi connectivity index (χ1v) is 9.22. The van der Waals surface area contributed by atoms with E-state index < -0.39 is 5.82 Å². The van der Waals surface area contributed by atoms with E-state index in [9.17, 15) is 14.0 Å². The highest BCUT2D eigenvalue weighted by Gasteiger charge is 2.11. The molecule has 7 nitrogen and oxygen atoms in total. The molecule has 0 saturated heterocycles. The lowest BCUT2D eigenvalue weighted by atomic mass is 10.2. The predicted molar refractivity (Wildman–Crippen MR) is 105 cm³/mol. The van der Waals surface area contributed by atoms with Gasteiger partial charge in [0.05, 0.1) is 10.5 Å². The van der Waals surface area contributed by atoms with E-state index >= 15 is 0 Å². The van der Waals surface area contributed by atoms with E-state index in [1.165, 1.54) is 18.2 Å². The van der Waals surface area contributed by atoms with Gasteiger partial charge in [-0.05, 0) is 42.8 Å². The highest BCUT2D eigenvalue weighted by atomic mass is 35.5. The van der Waals surface area contributed by atoms with Crippen LogP contribution in [0.4, 0.5) is 10.1 Å². The average molecular weight is 404 g/mol. The summed E-state index contributed by atoms with van der Waals surface area (Å²) in [4.78, 5) is 24.2. The Labute approximate surface area is 165 Å². The summed E-state index contributed by atoms with van der Waals surface area (Å²) in [5.41, 5.74) is 2.35. The van der Waals surface area contributed by atoms with Crippen LogP contribution in [-0.2, 0) is 11.3 Å². The number of amides is 2. The molecule has 0 aliphatic rings. The zero-order valence-corrected chi connectivity index (χ0v) is 16.0. The maximum atomic E-state index is 13.1. The number of carbonyl (C=O) groups is 2. The first kappa shape index (κ1) is 19.8. The Hall–Kier alpha value is -3.00. The van der Waals surface area contributed by atoms with Crippen molar-refractivity contribution in [3.63, 3.8) is 0 Å². The number of benzene rings is 2. The molecular formula is C19H19ClFN5O2. The number of aromatic nitrogens is 3. The SMILES string of the molecule is CCCn1nnc2cc(C(=O)NCCC(=O)Nc3ccc(F)c(Cl)c3)ccc21. The minimum absolute atomic E-state index is 0.0651. The maximum absolute atomic E-state index is 13.1. The lowest BCUT2D eigenvalue weighted by Crippen LogP contribution is -2.27. The summed E-state index contributed by atoms with van der Waals surface area (Å²) < 4.78 is 14.9. The fourth-order valence-electron chi connectivity index (χ4n) is 2.68. The second kappa shape index (κ2) is 8.79. The fourth-order valence-corrected chi connectivity index (χ4v) is 2.86. The van der Waals surface area contributed by atoms with Crippen LogP contribution in [0, 0.1) is 5.82 Å². The Morgan fingerprint density at radius 3 is 2.79 bits per heavy atom. The minimum atomic E-state index is -0.557. The molecule has 0 unspecified atom stereocenters. The van der Waals surface area contributed by atoms with Crippen LogP contribution < -0.4 is 10.6 Å². The van der Waals surface area contributed by atoms with Crippen molar-refractivity contribution in [3.05, 3.63) is 52.8 Å². The van der Waals surface area contributed by atoms with Gasteiger partial charge in [0.2, 0.25) is 5.91 Å². The van der Waals surface area contributed by atoms with Crippen molar-refractivity contribution in [1.82, 2.24) is 20.3 Å². The standard InChI is InChI=1S/C19H19ClFN5O2/c1-2-9-26-17-6-3-12(10-16(17)24-25-26)19(28)22-8-7-18(27)23-13-4-5-15(21)14(20)11-13/h3-6,10-11H,2,7-9H2,1H3,(H,22,28)(H,23,27). The zero-order valence-electron chi connectivity index (χ0n) is 15.2. The van der Waals surface area contributed by atoms with Gasteiger partial charge in [-0.25, -0.2) is 9.07 Å². The van der Waals surface area contributed by atoms with Gasteiger partial charge in [-0.2, -0.15) is 0 Å². The Morgan fingerprint density at radius 2 is 2.04 bits per heavy atom. The number of rotatable bonds is 7. The third-order valence-corrected chi connectivity index (χ3v) is 4.34. The van der Waals surface area contributed by atoms with Gasteiger partial charge in [-0.1, -0.05) is 23.7 Å². The smallest absolute Gasteiger partial charge is 0.251 e. The van der Waals surface area contributed by atoms with Crippen LogP contribution in [0.3, 0.4) is 0 Å². The summed E-state index contributed by atoms with van der Waals surface area (Å²) in [5, 5.41) is 13.4. The molecule has 0 bridgehead atoms. The maximum Gasteiger partial charge on any atom is 0.251 e. The second-order valence-electron chi connectivity index (χ2n) is 6.20. The summed E-state index contributed by atoms with van der Waals surface area (Å²) in [5.74, 6) is -1.18. The van der Waals surface area contributed by atoms with Gasteiger partial charge in [0, 0.05) is 30.8 Å². The molecule has 0 atom stereocenters. The topological polar surface area (TPSA) is 88.9 Å². The minimum Gasteiger partial charge on any atom is -0.352 e. The molecule has 28 heavy (non-hydrogen) atoms. The molecule has 0 aliphatic carbocycles. The molecule has 1 aromatic heterocycles. The summed E-state index contributed by atoms with van der Waals surface area (Å²) in [6, 6.07) is 9.10. The van der Waals surface area contributed by atoms with Crippen LogP contribution >= 0.6 is 11.6 Å². The molecule has 0 radical (unpaired) electrons. The van der Waals surface area contributed by atoms with E-state index in [0.29, 0.717) is 16.8 Å². The fraction of sp³-hybridized carbons (Fsp3) is 0.263. The lowest BCUT2D eigenvalue weighted by molar-refractivity contribution is -0.116. The highest BCUT2D eigenvalue weighted by molar-refractivity contribution is 6.31.